The molecule has 6 aromatic rings. The van der Waals surface area contributed by atoms with Gasteiger partial charge in [0.15, 0.2) is 23.2 Å². The first-order valence-corrected chi connectivity index (χ1v) is 12.9. The Kier molecular flexibility index (Phi) is 3.52. The molecule has 0 spiro atoms. The quantitative estimate of drug-likeness (QED) is 0.164. The second-order valence-corrected chi connectivity index (χ2v) is 9.49. The largest absolute Gasteiger partial charge is 0.288 e. The summed E-state index contributed by atoms with van der Waals surface area (Å²) in [7, 11) is 0. The molecule has 0 unspecified atom stereocenters. The second-order valence-electron chi connectivity index (χ2n) is 9.49. The highest BCUT2D eigenvalue weighted by atomic mass is 16.2. The van der Waals surface area contributed by atoms with Crippen molar-refractivity contribution in [3.05, 3.63) is 156 Å². The molecule has 0 amide bonds. The molecule has 0 N–H and O–H groups in total. The van der Waals surface area contributed by atoms with E-state index in [1.54, 1.807) is 48.5 Å². The zero-order valence-corrected chi connectivity index (χ0v) is 21.5. The number of carbonyl (C=O) groups is 2. The number of carbonyl (C=O) groups excluding carboxylic acids is 2. The lowest BCUT2D eigenvalue weighted by Crippen LogP contribution is -2.22. The number of nitrogens with zero attached hydrogens (tertiary/aromatic N) is 4. The van der Waals surface area contributed by atoms with Gasteiger partial charge in [0.1, 0.15) is 5.82 Å². The second kappa shape index (κ2) is 9.35. The molecule has 8 rings (SSSR count). The topological polar surface area (TPSA) is 66.4 Å². The average Bonchev–Trinajstić information content (AvgIpc) is 3.57. The van der Waals surface area contributed by atoms with Gasteiger partial charge in [-0.05, 0) is 71.4 Å². The Morgan fingerprint density at radius 1 is 0.595 bits per heavy atom. The minimum atomic E-state index is -0.672. The molecular formula is C36H22N4O2. The van der Waals surface area contributed by atoms with Gasteiger partial charge >= 0.3 is 0 Å². The molecule has 0 saturated carbocycles. The van der Waals surface area contributed by atoms with Crippen LogP contribution in [0.3, 0.4) is 0 Å². The van der Waals surface area contributed by atoms with Crippen molar-refractivity contribution in [2.24, 2.45) is 0 Å². The van der Waals surface area contributed by atoms with Crippen molar-refractivity contribution < 1.29 is 23.3 Å². The van der Waals surface area contributed by atoms with E-state index < -0.39 is 83.4 Å². The Labute approximate surface area is 255 Å². The standard InChI is InChI=1S/C36H22N4O2/c41-33-27(34(42)29-22-24-12-8-7-11-23(24)21-28(29)33)19-20-32-39(25-13-3-1-4-14-25)35-36(40(32)26-15-5-2-6-16-26)38-31-18-10-9-17-30(31)37-35/h1-22H/i1D,2D,3D,4D,5D,6D,13D,14D,15D,16D. The summed E-state index contributed by atoms with van der Waals surface area (Å²) < 4.78 is 85.7. The van der Waals surface area contributed by atoms with Crippen LogP contribution in [-0.2, 0) is 0 Å². The number of aromatic nitrogens is 2. The molecule has 6 nitrogen and oxygen atoms in total. The number of allylic oxidation sites excluding steroid dienone is 3. The van der Waals surface area contributed by atoms with Crippen LogP contribution in [-0.4, -0.2) is 21.5 Å². The summed E-state index contributed by atoms with van der Waals surface area (Å²) in [6, 6.07) is 10.6. The number of rotatable bonds is 3. The molecular weight excluding hydrogens is 520 g/mol. The number of hydrogen-bond donors (Lipinski definition) is 0. The summed E-state index contributed by atoms with van der Waals surface area (Å²) in [5.74, 6) is -1.55. The summed E-state index contributed by atoms with van der Waals surface area (Å²) in [5, 5.41) is 1.49. The highest BCUT2D eigenvalue weighted by molar-refractivity contribution is 6.40. The molecule has 0 fully saturated rings. The summed E-state index contributed by atoms with van der Waals surface area (Å²) in [4.78, 5) is 39.4. The normalized spacial score (nSPS) is 17.4. The lowest BCUT2D eigenvalue weighted by atomic mass is 10.0. The van der Waals surface area contributed by atoms with E-state index in [9.17, 15) is 9.59 Å². The third-order valence-corrected chi connectivity index (χ3v) is 7.10. The fourth-order valence-corrected chi connectivity index (χ4v) is 5.22. The Hall–Kier alpha value is -5.88. The van der Waals surface area contributed by atoms with Crippen molar-refractivity contribution in [1.29, 1.82) is 0 Å². The van der Waals surface area contributed by atoms with Gasteiger partial charge in [-0.15, -0.1) is 0 Å². The summed E-state index contributed by atoms with van der Waals surface area (Å²) in [6.45, 7) is 0. The Morgan fingerprint density at radius 3 is 1.52 bits per heavy atom. The van der Waals surface area contributed by atoms with Crippen LogP contribution in [0, 0.1) is 0 Å². The minimum absolute atomic E-state index is 0.104. The van der Waals surface area contributed by atoms with Crippen LogP contribution in [0.1, 0.15) is 34.4 Å². The first kappa shape index (κ1) is 15.8. The fourth-order valence-electron chi connectivity index (χ4n) is 5.22. The SMILES string of the molecule is [2H]c1c([2H])c([2H])c(N2C(=CC=C3C(=O)c4cc5ccccc5cc4C3=O)N(c3c([2H])c([2H])c([2H])c([2H])c3[2H])c3nc4ccccc4nc32)c([2H])c1[2H]. The zero-order chi connectivity index (χ0) is 36.9. The Morgan fingerprint density at radius 2 is 1.05 bits per heavy atom. The van der Waals surface area contributed by atoms with E-state index in [0.717, 1.165) is 20.6 Å². The molecule has 6 heteroatoms. The number of benzene rings is 5. The van der Waals surface area contributed by atoms with Gasteiger partial charge in [0.25, 0.3) is 0 Å². The van der Waals surface area contributed by atoms with E-state index in [0.29, 0.717) is 11.0 Å². The van der Waals surface area contributed by atoms with Gasteiger partial charge in [-0.2, -0.15) is 0 Å². The Bertz CT molecular complexity index is 2480. The molecule has 0 radical (unpaired) electrons. The molecule has 1 aliphatic heterocycles. The number of fused-ring (bicyclic) bond motifs is 4. The molecule has 0 atom stereocenters. The van der Waals surface area contributed by atoms with E-state index >= 15 is 0 Å². The first-order chi connectivity index (χ1) is 24.8. The highest BCUT2D eigenvalue weighted by Gasteiger charge is 2.38. The van der Waals surface area contributed by atoms with E-state index in [2.05, 4.69) is 0 Å². The molecule has 1 aromatic heterocycles. The smallest absolute Gasteiger partial charge is 0.197 e. The number of Topliss-reactive ketones (excluding diaryl/α,β-unsaturated/α-hetero) is 2. The lowest BCUT2D eigenvalue weighted by molar-refractivity contribution is 0.0989. The molecule has 5 aromatic carbocycles. The zero-order valence-electron chi connectivity index (χ0n) is 31.5. The van der Waals surface area contributed by atoms with Crippen LogP contribution < -0.4 is 9.80 Å². The van der Waals surface area contributed by atoms with Gasteiger partial charge < -0.3 is 0 Å². The van der Waals surface area contributed by atoms with Gasteiger partial charge in [-0.25, -0.2) is 9.97 Å². The Balaban J connectivity index is 1.46. The molecule has 0 bridgehead atoms. The monoisotopic (exact) mass is 552 g/mol. The maximum atomic E-state index is 13.8. The minimum Gasteiger partial charge on any atom is -0.288 e. The maximum absolute atomic E-state index is 13.8. The van der Waals surface area contributed by atoms with Crippen molar-refractivity contribution >= 4 is 56.4 Å². The van der Waals surface area contributed by atoms with Crippen LogP contribution in [0.2, 0.25) is 0 Å². The van der Waals surface area contributed by atoms with Crippen molar-refractivity contribution in [2.45, 2.75) is 0 Å². The summed E-state index contributed by atoms with van der Waals surface area (Å²) in [6.07, 6.45) is 2.47. The van der Waals surface area contributed by atoms with Gasteiger partial charge in [0.05, 0.1) is 30.3 Å². The third kappa shape index (κ3) is 3.66. The number of ketones is 2. The summed E-state index contributed by atoms with van der Waals surface area (Å²) in [5.41, 5.74) is 0.00255. The first-order valence-electron chi connectivity index (χ1n) is 17.9. The average molecular weight is 553 g/mol. The van der Waals surface area contributed by atoms with Crippen molar-refractivity contribution in [1.82, 2.24) is 9.97 Å². The van der Waals surface area contributed by atoms with E-state index in [-0.39, 0.29) is 34.2 Å². The van der Waals surface area contributed by atoms with Gasteiger partial charge in [-0.1, -0.05) is 72.7 Å². The molecule has 2 heterocycles. The number of anilines is 4. The predicted molar refractivity (Wildman–Crippen MR) is 165 cm³/mol. The van der Waals surface area contributed by atoms with Crippen LogP contribution in [0.5, 0.6) is 0 Å². The third-order valence-electron chi connectivity index (χ3n) is 7.10. The summed E-state index contributed by atoms with van der Waals surface area (Å²) >= 11 is 0. The van der Waals surface area contributed by atoms with Crippen LogP contribution >= 0.6 is 0 Å². The maximum Gasteiger partial charge on any atom is 0.197 e. The van der Waals surface area contributed by atoms with Crippen LogP contribution in [0.4, 0.5) is 23.0 Å². The van der Waals surface area contributed by atoms with Gasteiger partial charge in [0, 0.05) is 22.5 Å². The highest BCUT2D eigenvalue weighted by Crippen LogP contribution is 2.48. The number of hydrogen-bond acceptors (Lipinski definition) is 6. The van der Waals surface area contributed by atoms with E-state index in [4.69, 9.17) is 23.7 Å². The van der Waals surface area contributed by atoms with E-state index in [1.165, 1.54) is 12.2 Å². The molecule has 2 aliphatic rings. The molecule has 0 saturated heterocycles. The van der Waals surface area contributed by atoms with E-state index in [1.807, 2.05) is 12.1 Å². The van der Waals surface area contributed by atoms with Crippen molar-refractivity contribution in [3.63, 3.8) is 0 Å². The number of para-hydroxylation sites is 4. The fraction of sp³-hybridized carbons (Fsp3) is 0. The molecule has 42 heavy (non-hydrogen) atoms. The van der Waals surface area contributed by atoms with Gasteiger partial charge in [-0.3, -0.25) is 19.4 Å². The lowest BCUT2D eigenvalue weighted by Gasteiger charge is -2.24. The van der Waals surface area contributed by atoms with Crippen LogP contribution in [0.15, 0.2) is 145 Å². The van der Waals surface area contributed by atoms with Crippen LogP contribution in [0.25, 0.3) is 21.8 Å². The van der Waals surface area contributed by atoms with Crippen molar-refractivity contribution in [2.75, 3.05) is 9.80 Å². The van der Waals surface area contributed by atoms with Crippen molar-refractivity contribution in [3.8, 4) is 0 Å². The molecule has 198 valence electrons. The molecule has 1 aliphatic carbocycles. The van der Waals surface area contributed by atoms with Gasteiger partial charge in [0.2, 0.25) is 0 Å². The predicted octanol–water partition coefficient (Wildman–Crippen LogP) is 7.92.